The van der Waals surface area contributed by atoms with Gasteiger partial charge in [-0.15, -0.1) is 0 Å². The van der Waals surface area contributed by atoms with E-state index in [1.807, 2.05) is 0 Å². The van der Waals surface area contributed by atoms with Crippen LogP contribution in [-0.4, -0.2) is 31.1 Å². The van der Waals surface area contributed by atoms with Gasteiger partial charge in [-0.25, -0.2) is 0 Å². The van der Waals surface area contributed by atoms with Gasteiger partial charge in [-0.1, -0.05) is 40.9 Å². The van der Waals surface area contributed by atoms with Crippen molar-refractivity contribution in [2.75, 3.05) is 20.6 Å². The van der Waals surface area contributed by atoms with Crippen LogP contribution in [-0.2, 0) is 0 Å². The molecule has 0 spiro atoms. The Morgan fingerprint density at radius 2 is 2.00 bits per heavy atom. The van der Waals surface area contributed by atoms with Crippen molar-refractivity contribution in [2.45, 2.75) is 44.2 Å². The van der Waals surface area contributed by atoms with E-state index < -0.39 is 0 Å². The van der Waals surface area contributed by atoms with Crippen molar-refractivity contribution in [3.8, 4) is 0 Å². The molecule has 1 aliphatic carbocycles. The van der Waals surface area contributed by atoms with Gasteiger partial charge in [0.1, 0.15) is 0 Å². The van der Waals surface area contributed by atoms with Gasteiger partial charge in [-0.2, -0.15) is 0 Å². The smallest absolute Gasteiger partial charge is 0.0328 e. The molecule has 1 aromatic rings. The van der Waals surface area contributed by atoms with Crippen LogP contribution in [0.3, 0.4) is 0 Å². The molecule has 2 nitrogen and oxygen atoms in total. The third-order valence-electron chi connectivity index (χ3n) is 4.57. The first-order valence-corrected chi connectivity index (χ1v) is 7.99. The predicted molar refractivity (Wildman–Crippen MR) is 85.4 cm³/mol. The Morgan fingerprint density at radius 1 is 1.32 bits per heavy atom. The van der Waals surface area contributed by atoms with Gasteiger partial charge in [0, 0.05) is 22.6 Å². The van der Waals surface area contributed by atoms with Crippen LogP contribution < -0.4 is 5.32 Å². The summed E-state index contributed by atoms with van der Waals surface area (Å²) < 4.78 is 1.15. The van der Waals surface area contributed by atoms with Crippen molar-refractivity contribution in [1.29, 1.82) is 0 Å². The summed E-state index contributed by atoms with van der Waals surface area (Å²) in [6.07, 6.45) is 5.37. The third-order valence-corrected chi connectivity index (χ3v) is 5.06. The molecule has 0 radical (unpaired) electrons. The molecule has 0 aromatic heterocycles. The highest BCUT2D eigenvalue weighted by Crippen LogP contribution is 2.33. The molecule has 3 heteroatoms. The molecule has 0 aliphatic heterocycles. The first kappa shape index (κ1) is 15.0. The largest absolute Gasteiger partial charge is 0.308 e. The zero-order chi connectivity index (χ0) is 13.9. The summed E-state index contributed by atoms with van der Waals surface area (Å²) in [6.45, 7) is 3.33. The lowest BCUT2D eigenvalue weighted by atomic mass is 9.95. The molecule has 106 valence electrons. The van der Waals surface area contributed by atoms with Crippen molar-refractivity contribution in [3.05, 3.63) is 34.3 Å². The van der Waals surface area contributed by atoms with E-state index in [4.69, 9.17) is 0 Å². The van der Waals surface area contributed by atoms with Crippen LogP contribution in [0.15, 0.2) is 28.7 Å². The molecular weight excluding hydrogens is 300 g/mol. The number of likely N-dealkylation sites (N-methyl/N-ethyl adjacent to an activating group) is 1. The molecule has 0 heterocycles. The summed E-state index contributed by atoms with van der Waals surface area (Å²) in [7, 11) is 4.44. The van der Waals surface area contributed by atoms with Gasteiger partial charge in [0.2, 0.25) is 0 Å². The van der Waals surface area contributed by atoms with Crippen LogP contribution in [0, 0.1) is 0 Å². The van der Waals surface area contributed by atoms with Crippen molar-refractivity contribution in [3.63, 3.8) is 0 Å². The molecule has 1 unspecified atom stereocenters. The second-order valence-electron chi connectivity index (χ2n) is 5.98. The molecule has 19 heavy (non-hydrogen) atoms. The van der Waals surface area contributed by atoms with Crippen LogP contribution in [0.1, 0.15) is 44.2 Å². The Labute approximate surface area is 125 Å². The van der Waals surface area contributed by atoms with Crippen LogP contribution in [0.4, 0.5) is 0 Å². The summed E-state index contributed by atoms with van der Waals surface area (Å²) in [5.74, 6) is 0. The van der Waals surface area contributed by atoms with E-state index in [0.29, 0.717) is 11.6 Å². The molecular formula is C16H25BrN2. The lowest BCUT2D eigenvalue weighted by molar-refractivity contribution is 0.150. The minimum absolute atomic E-state index is 0.361. The van der Waals surface area contributed by atoms with Crippen LogP contribution >= 0.6 is 15.9 Å². The highest BCUT2D eigenvalue weighted by Gasteiger charge is 2.35. The molecule has 0 amide bonds. The number of rotatable bonds is 5. The van der Waals surface area contributed by atoms with Crippen molar-refractivity contribution in [2.24, 2.45) is 0 Å². The Hall–Kier alpha value is -0.380. The Bertz CT molecular complexity index is 411. The number of halogens is 1. The normalized spacial score (nSPS) is 19.8. The summed E-state index contributed by atoms with van der Waals surface area (Å²) in [6, 6.07) is 8.98. The summed E-state index contributed by atoms with van der Waals surface area (Å²) in [5, 5.41) is 3.73. The summed E-state index contributed by atoms with van der Waals surface area (Å²) in [5.41, 5.74) is 1.71. The van der Waals surface area contributed by atoms with Gasteiger partial charge < -0.3 is 10.2 Å². The Morgan fingerprint density at radius 3 is 2.58 bits per heavy atom. The molecule has 1 N–H and O–H groups in total. The van der Waals surface area contributed by atoms with Crippen LogP contribution in [0.2, 0.25) is 0 Å². The molecule has 1 saturated carbocycles. The average molecular weight is 325 g/mol. The second kappa shape index (κ2) is 6.38. The predicted octanol–water partition coefficient (Wildman–Crippen LogP) is 3.97. The third kappa shape index (κ3) is 3.59. The fourth-order valence-electron chi connectivity index (χ4n) is 3.05. The molecule has 0 bridgehead atoms. The fourth-order valence-corrected chi connectivity index (χ4v) is 3.47. The van der Waals surface area contributed by atoms with Gasteiger partial charge >= 0.3 is 0 Å². The lowest BCUT2D eigenvalue weighted by Gasteiger charge is -2.37. The highest BCUT2D eigenvalue weighted by atomic mass is 79.9. The van der Waals surface area contributed by atoms with E-state index in [2.05, 4.69) is 71.4 Å². The van der Waals surface area contributed by atoms with E-state index in [1.165, 1.54) is 31.2 Å². The minimum Gasteiger partial charge on any atom is -0.308 e. The van der Waals surface area contributed by atoms with Gasteiger partial charge in [-0.05, 0) is 51.6 Å². The first-order chi connectivity index (χ1) is 9.03. The molecule has 1 aromatic carbocycles. The van der Waals surface area contributed by atoms with Crippen molar-refractivity contribution >= 4 is 15.9 Å². The standard InChI is InChI=1S/C16H25BrN2/c1-13(14-7-6-8-15(17)11-14)18-12-16(19(2)3)9-4-5-10-16/h6-8,11,13,18H,4-5,9-10,12H2,1-3H3. The zero-order valence-corrected chi connectivity index (χ0v) is 13.8. The summed E-state index contributed by atoms with van der Waals surface area (Å²) >= 11 is 3.55. The second-order valence-corrected chi connectivity index (χ2v) is 6.90. The van der Waals surface area contributed by atoms with Gasteiger partial charge in [0.05, 0.1) is 0 Å². The van der Waals surface area contributed by atoms with Gasteiger partial charge in [0.25, 0.3) is 0 Å². The molecule has 1 atom stereocenters. The monoisotopic (exact) mass is 324 g/mol. The van der Waals surface area contributed by atoms with Crippen LogP contribution in [0.25, 0.3) is 0 Å². The Balaban J connectivity index is 1.97. The van der Waals surface area contributed by atoms with Crippen LogP contribution in [0.5, 0.6) is 0 Å². The Kier molecular flexibility index (Phi) is 5.04. The van der Waals surface area contributed by atoms with Crippen molar-refractivity contribution in [1.82, 2.24) is 10.2 Å². The number of hydrogen-bond acceptors (Lipinski definition) is 2. The van der Waals surface area contributed by atoms with E-state index in [0.717, 1.165) is 11.0 Å². The molecule has 0 saturated heterocycles. The average Bonchev–Trinajstić information content (AvgIpc) is 2.86. The maximum Gasteiger partial charge on any atom is 0.0328 e. The quantitative estimate of drug-likeness (QED) is 0.881. The number of hydrogen-bond donors (Lipinski definition) is 1. The van der Waals surface area contributed by atoms with E-state index >= 15 is 0 Å². The van der Waals surface area contributed by atoms with E-state index in [-0.39, 0.29) is 0 Å². The molecule has 1 fully saturated rings. The summed E-state index contributed by atoms with van der Waals surface area (Å²) in [4.78, 5) is 2.42. The molecule has 1 aliphatic rings. The van der Waals surface area contributed by atoms with E-state index in [1.54, 1.807) is 0 Å². The SMILES string of the molecule is CC(NCC1(N(C)C)CCCC1)c1cccc(Br)c1. The zero-order valence-electron chi connectivity index (χ0n) is 12.2. The minimum atomic E-state index is 0.361. The molecule has 2 rings (SSSR count). The maximum atomic E-state index is 3.73. The van der Waals surface area contributed by atoms with Gasteiger partial charge in [0.15, 0.2) is 0 Å². The topological polar surface area (TPSA) is 15.3 Å². The number of benzene rings is 1. The highest BCUT2D eigenvalue weighted by molar-refractivity contribution is 9.10. The maximum absolute atomic E-state index is 3.73. The van der Waals surface area contributed by atoms with Gasteiger partial charge in [-0.3, -0.25) is 0 Å². The first-order valence-electron chi connectivity index (χ1n) is 7.20. The fraction of sp³-hybridized carbons (Fsp3) is 0.625. The lowest BCUT2D eigenvalue weighted by Crippen LogP contribution is -2.50. The number of nitrogens with zero attached hydrogens (tertiary/aromatic N) is 1. The number of nitrogens with one attached hydrogen (secondary N) is 1. The van der Waals surface area contributed by atoms with E-state index in [9.17, 15) is 0 Å². The van der Waals surface area contributed by atoms with Crippen molar-refractivity contribution < 1.29 is 0 Å².